The van der Waals surface area contributed by atoms with Crippen molar-refractivity contribution >= 4 is 6.03 Å². The zero-order chi connectivity index (χ0) is 24.6. The lowest BCUT2D eigenvalue weighted by molar-refractivity contribution is -0.143. The van der Waals surface area contributed by atoms with Crippen molar-refractivity contribution in [2.45, 2.75) is 44.1 Å². The average molecular weight is 476 g/mol. The molecule has 1 fully saturated rings. The van der Waals surface area contributed by atoms with Crippen LogP contribution < -0.4 is 5.32 Å². The van der Waals surface area contributed by atoms with Crippen LogP contribution in [0.4, 0.5) is 31.1 Å². The number of halogens is 6. The Kier molecular flexibility index (Phi) is 6.67. The summed E-state index contributed by atoms with van der Waals surface area (Å²) in [6, 6.07) is 8.94. The predicted molar refractivity (Wildman–Crippen MR) is 106 cm³/mol. The molecule has 33 heavy (non-hydrogen) atoms. The Hall–Kier alpha value is -2.79. The van der Waals surface area contributed by atoms with Gasteiger partial charge in [-0.15, -0.1) is 0 Å². The highest BCUT2D eigenvalue weighted by molar-refractivity contribution is 5.79. The lowest BCUT2D eigenvalue weighted by Gasteiger charge is -2.34. The highest BCUT2D eigenvalue weighted by Crippen LogP contribution is 2.39. The van der Waals surface area contributed by atoms with Crippen LogP contribution in [0.25, 0.3) is 0 Å². The first-order valence-electron chi connectivity index (χ1n) is 10.0. The predicted octanol–water partition coefficient (Wildman–Crippen LogP) is 5.06. The lowest BCUT2D eigenvalue weighted by atomic mass is 9.89. The van der Waals surface area contributed by atoms with Crippen LogP contribution in [0, 0.1) is 0 Å². The fourth-order valence-corrected chi connectivity index (χ4v) is 3.74. The first-order valence-corrected chi connectivity index (χ1v) is 10.0. The number of nitrogens with one attached hydrogen (secondary N) is 1. The minimum absolute atomic E-state index is 0.0434. The van der Waals surface area contributed by atoms with E-state index >= 15 is 0 Å². The van der Waals surface area contributed by atoms with Gasteiger partial charge < -0.3 is 15.2 Å². The van der Waals surface area contributed by atoms with Crippen molar-refractivity contribution in [2.24, 2.45) is 0 Å². The maximum Gasteiger partial charge on any atom is 0.416 e. The summed E-state index contributed by atoms with van der Waals surface area (Å²) in [5, 5.41) is 13.5. The number of hydrogen-bond donors (Lipinski definition) is 2. The summed E-state index contributed by atoms with van der Waals surface area (Å²) in [6.45, 7) is 2.71. The van der Waals surface area contributed by atoms with Crippen LogP contribution >= 0.6 is 0 Å². The number of likely N-dealkylation sites (N-methyl/N-ethyl adjacent to an activating group) is 1. The number of carbonyl (C=O) groups is 1. The molecule has 3 rings (SSSR count). The largest absolute Gasteiger partial charge is 0.416 e. The smallest absolute Gasteiger partial charge is 0.371 e. The Bertz CT molecular complexity index is 964. The third-order valence-electron chi connectivity index (χ3n) is 5.60. The first-order chi connectivity index (χ1) is 15.3. The summed E-state index contributed by atoms with van der Waals surface area (Å²) in [5.41, 5.74) is -4.25. The van der Waals surface area contributed by atoms with Crippen molar-refractivity contribution in [3.63, 3.8) is 0 Å². The number of amides is 2. The fraction of sp³-hybridized carbons (Fsp3) is 0.409. The number of alkyl halides is 6. The molecule has 1 aliphatic rings. The van der Waals surface area contributed by atoms with E-state index in [1.807, 2.05) is 0 Å². The van der Waals surface area contributed by atoms with E-state index in [0.29, 0.717) is 17.7 Å². The van der Waals surface area contributed by atoms with Crippen LogP contribution in [-0.4, -0.2) is 35.4 Å². The summed E-state index contributed by atoms with van der Waals surface area (Å²) in [4.78, 5) is 13.5. The molecular weight excluding hydrogens is 454 g/mol. The number of hydrogen-bond acceptors (Lipinski definition) is 3. The van der Waals surface area contributed by atoms with Gasteiger partial charge in [0.15, 0.2) is 6.23 Å². The maximum atomic E-state index is 13.2. The molecule has 2 amide bonds. The van der Waals surface area contributed by atoms with E-state index in [2.05, 4.69) is 5.32 Å². The second kappa shape index (κ2) is 8.86. The van der Waals surface area contributed by atoms with Crippen LogP contribution in [0.1, 0.15) is 42.2 Å². The maximum absolute atomic E-state index is 13.2. The number of rotatable bonds is 6. The van der Waals surface area contributed by atoms with Gasteiger partial charge in [-0.3, -0.25) is 4.90 Å². The number of aliphatic hydroxyl groups is 1. The number of nitrogens with zero attached hydrogens (tertiary/aromatic N) is 1. The average Bonchev–Trinajstić information content (AvgIpc) is 3.00. The molecule has 11 heteroatoms. The third-order valence-corrected chi connectivity index (χ3v) is 5.60. The van der Waals surface area contributed by atoms with E-state index in [1.165, 1.54) is 6.92 Å². The van der Waals surface area contributed by atoms with Crippen molar-refractivity contribution in [2.75, 3.05) is 13.2 Å². The standard InChI is InChI=1S/C22H22F6N2O3/c1-3-30-18(31)20(29-19(30)32,15-7-5-4-6-8-15)12-33-13(2)14-9-16(21(23,24)25)11-17(10-14)22(26,27)28/h4-11,13,18,31H,3,12H2,1-2H3,(H,29,32)/t13-,18+,20-/m1/s1. The van der Waals surface area contributed by atoms with E-state index in [4.69, 9.17) is 4.74 Å². The molecule has 3 atom stereocenters. The van der Waals surface area contributed by atoms with Gasteiger partial charge in [-0.05, 0) is 43.2 Å². The quantitative estimate of drug-likeness (QED) is 0.573. The molecule has 1 aliphatic heterocycles. The Labute approximate surface area is 186 Å². The van der Waals surface area contributed by atoms with Crippen LogP contribution in [-0.2, 0) is 22.6 Å². The molecule has 0 aromatic heterocycles. The normalized spacial score (nSPS) is 22.4. The molecule has 180 valence electrons. The monoisotopic (exact) mass is 476 g/mol. The van der Waals surface area contributed by atoms with Crippen molar-refractivity contribution in [1.82, 2.24) is 10.2 Å². The Morgan fingerprint density at radius 2 is 1.61 bits per heavy atom. The zero-order valence-corrected chi connectivity index (χ0v) is 17.7. The number of benzene rings is 2. The molecule has 0 aliphatic carbocycles. The van der Waals surface area contributed by atoms with Crippen molar-refractivity contribution < 1.29 is 41.0 Å². The number of urea groups is 1. The second-order valence-corrected chi connectivity index (χ2v) is 7.72. The van der Waals surface area contributed by atoms with Gasteiger partial charge >= 0.3 is 18.4 Å². The van der Waals surface area contributed by atoms with Gasteiger partial charge in [0.2, 0.25) is 0 Å². The van der Waals surface area contributed by atoms with E-state index in [9.17, 15) is 36.2 Å². The van der Waals surface area contributed by atoms with E-state index < -0.39 is 54.0 Å². The molecule has 0 bridgehead atoms. The van der Waals surface area contributed by atoms with Crippen LogP contribution in [0.5, 0.6) is 0 Å². The van der Waals surface area contributed by atoms with Gasteiger partial charge in [0.1, 0.15) is 5.54 Å². The Morgan fingerprint density at radius 3 is 2.06 bits per heavy atom. The van der Waals surface area contributed by atoms with E-state index in [-0.39, 0.29) is 18.2 Å². The van der Waals surface area contributed by atoms with Gasteiger partial charge in [0, 0.05) is 6.54 Å². The zero-order valence-electron chi connectivity index (χ0n) is 17.7. The van der Waals surface area contributed by atoms with Gasteiger partial charge in [0.25, 0.3) is 0 Å². The highest BCUT2D eigenvalue weighted by Gasteiger charge is 2.52. The van der Waals surface area contributed by atoms with Crippen molar-refractivity contribution in [3.8, 4) is 0 Å². The summed E-state index contributed by atoms with van der Waals surface area (Å²) in [6.07, 6.45) is -12.6. The summed E-state index contributed by atoms with van der Waals surface area (Å²) in [5.74, 6) is 0. The fourth-order valence-electron chi connectivity index (χ4n) is 3.74. The first kappa shape index (κ1) is 24.8. The Morgan fingerprint density at radius 1 is 1.06 bits per heavy atom. The summed E-state index contributed by atoms with van der Waals surface area (Å²) >= 11 is 0. The van der Waals surface area contributed by atoms with Gasteiger partial charge in [-0.2, -0.15) is 26.3 Å². The third kappa shape index (κ3) is 4.93. The lowest BCUT2D eigenvalue weighted by Crippen LogP contribution is -2.51. The van der Waals surface area contributed by atoms with Gasteiger partial charge in [-0.25, -0.2) is 4.79 Å². The van der Waals surface area contributed by atoms with E-state index in [0.717, 1.165) is 4.90 Å². The number of carbonyl (C=O) groups excluding carboxylic acids is 1. The summed E-state index contributed by atoms with van der Waals surface area (Å²) in [7, 11) is 0. The molecule has 0 saturated carbocycles. The summed E-state index contributed by atoms with van der Waals surface area (Å²) < 4.78 is 84.9. The highest BCUT2D eigenvalue weighted by atomic mass is 19.4. The van der Waals surface area contributed by atoms with Crippen LogP contribution in [0.2, 0.25) is 0 Å². The van der Waals surface area contributed by atoms with Gasteiger partial charge in [-0.1, -0.05) is 30.3 Å². The molecule has 2 N–H and O–H groups in total. The second-order valence-electron chi connectivity index (χ2n) is 7.72. The molecule has 2 aromatic carbocycles. The molecule has 0 radical (unpaired) electrons. The molecule has 1 saturated heterocycles. The SMILES string of the molecule is CCN1C(=O)N[C@](CO[C@H](C)c2cc(C(F)(F)F)cc(C(F)(F)F)c2)(c2ccccc2)[C@@H]1O. The minimum Gasteiger partial charge on any atom is -0.371 e. The molecule has 1 heterocycles. The van der Waals surface area contributed by atoms with Crippen molar-refractivity contribution in [1.29, 1.82) is 0 Å². The molecule has 0 spiro atoms. The molecule has 2 aromatic rings. The van der Waals surface area contributed by atoms with Gasteiger partial charge in [0.05, 0.1) is 23.8 Å². The van der Waals surface area contributed by atoms with E-state index in [1.54, 1.807) is 37.3 Å². The van der Waals surface area contributed by atoms with Crippen molar-refractivity contribution in [3.05, 3.63) is 70.8 Å². The molecule has 5 nitrogen and oxygen atoms in total. The molecule has 0 unspecified atom stereocenters. The van der Waals surface area contributed by atoms with Crippen LogP contribution in [0.15, 0.2) is 48.5 Å². The Balaban J connectivity index is 1.95. The number of aliphatic hydroxyl groups excluding tert-OH is 1. The van der Waals surface area contributed by atoms with Crippen LogP contribution in [0.3, 0.4) is 0 Å². The molecular formula is C22H22F6N2O3. The topological polar surface area (TPSA) is 61.8 Å². The minimum atomic E-state index is -4.99. The number of ether oxygens (including phenoxy) is 1.